The summed E-state index contributed by atoms with van der Waals surface area (Å²) < 4.78 is 0. The zero-order valence-corrected chi connectivity index (χ0v) is 11.6. The van der Waals surface area contributed by atoms with Gasteiger partial charge in [0.15, 0.2) is 0 Å². The number of hydrogen-bond donors (Lipinski definition) is 1. The molecule has 0 fully saturated rings. The minimum Gasteiger partial charge on any atom is -0.396 e. The second kappa shape index (κ2) is 5.68. The number of aliphatic hydroxyl groups excluding tert-OH is 1. The van der Waals surface area contributed by atoms with Crippen LogP contribution in [0.3, 0.4) is 0 Å². The van der Waals surface area contributed by atoms with Crippen molar-refractivity contribution in [1.29, 1.82) is 0 Å². The average molecular weight is 271 g/mol. The Kier molecular flexibility index (Phi) is 3.76. The molecular formula is C16H17NOS. The molecule has 0 radical (unpaired) electrons. The van der Waals surface area contributed by atoms with Crippen molar-refractivity contribution in [1.82, 2.24) is 0 Å². The average Bonchev–Trinajstić information content (AvgIpc) is 2.46. The van der Waals surface area contributed by atoms with Crippen molar-refractivity contribution in [3.8, 4) is 0 Å². The van der Waals surface area contributed by atoms with Crippen molar-refractivity contribution in [2.45, 2.75) is 22.6 Å². The van der Waals surface area contributed by atoms with Crippen LogP contribution in [-0.4, -0.2) is 18.3 Å². The molecular weight excluding hydrogens is 254 g/mol. The third-order valence-electron chi connectivity index (χ3n) is 3.32. The van der Waals surface area contributed by atoms with Crippen LogP contribution in [0, 0.1) is 0 Å². The van der Waals surface area contributed by atoms with Crippen LogP contribution in [0.15, 0.2) is 58.3 Å². The van der Waals surface area contributed by atoms with Gasteiger partial charge in [0.1, 0.15) is 0 Å². The normalized spacial score (nSPS) is 13.0. The predicted molar refractivity (Wildman–Crippen MR) is 80.3 cm³/mol. The van der Waals surface area contributed by atoms with Crippen molar-refractivity contribution in [2.24, 2.45) is 0 Å². The summed E-state index contributed by atoms with van der Waals surface area (Å²) in [6, 6.07) is 17.1. The molecule has 0 aromatic heterocycles. The minimum atomic E-state index is 0.270. The van der Waals surface area contributed by atoms with Crippen molar-refractivity contribution >= 4 is 23.1 Å². The number of para-hydroxylation sites is 2. The SMILES string of the molecule is OCCCCN1c2ccccc2Sc2ccccc21. The molecule has 1 aliphatic rings. The maximum absolute atomic E-state index is 8.96. The highest BCUT2D eigenvalue weighted by molar-refractivity contribution is 7.99. The Hall–Kier alpha value is -1.45. The summed E-state index contributed by atoms with van der Waals surface area (Å²) in [5.74, 6) is 0. The third kappa shape index (κ3) is 2.48. The topological polar surface area (TPSA) is 23.5 Å². The van der Waals surface area contributed by atoms with Gasteiger partial charge >= 0.3 is 0 Å². The van der Waals surface area contributed by atoms with E-state index in [0.29, 0.717) is 0 Å². The smallest absolute Gasteiger partial charge is 0.0552 e. The van der Waals surface area contributed by atoms with E-state index >= 15 is 0 Å². The Bertz CT molecular complexity index is 525. The molecule has 0 spiro atoms. The van der Waals surface area contributed by atoms with Crippen LogP contribution in [-0.2, 0) is 0 Å². The van der Waals surface area contributed by atoms with Crippen LogP contribution in [0.5, 0.6) is 0 Å². The first-order valence-electron chi connectivity index (χ1n) is 6.64. The molecule has 1 N–H and O–H groups in total. The van der Waals surface area contributed by atoms with Gasteiger partial charge in [0.25, 0.3) is 0 Å². The standard InChI is InChI=1S/C16H17NOS/c18-12-6-5-11-17-13-7-1-3-9-15(13)19-16-10-4-2-8-14(16)17/h1-4,7-10,18H,5-6,11-12H2. The summed E-state index contributed by atoms with van der Waals surface area (Å²) >= 11 is 1.83. The summed E-state index contributed by atoms with van der Waals surface area (Å²) in [5.41, 5.74) is 2.56. The van der Waals surface area contributed by atoms with E-state index in [4.69, 9.17) is 5.11 Å². The molecule has 3 heteroatoms. The first kappa shape index (κ1) is 12.6. The van der Waals surface area contributed by atoms with E-state index in [1.165, 1.54) is 21.2 Å². The van der Waals surface area contributed by atoms with Gasteiger partial charge in [0, 0.05) is 22.9 Å². The zero-order valence-electron chi connectivity index (χ0n) is 10.7. The fourth-order valence-corrected chi connectivity index (χ4v) is 3.50. The van der Waals surface area contributed by atoms with Gasteiger partial charge in [-0.2, -0.15) is 0 Å². The highest BCUT2D eigenvalue weighted by atomic mass is 32.2. The van der Waals surface area contributed by atoms with E-state index in [1.54, 1.807) is 0 Å². The van der Waals surface area contributed by atoms with Crippen LogP contribution < -0.4 is 4.90 Å². The quantitative estimate of drug-likeness (QED) is 0.848. The number of benzene rings is 2. The fourth-order valence-electron chi connectivity index (χ4n) is 2.40. The Labute approximate surface area is 118 Å². The summed E-state index contributed by atoms with van der Waals surface area (Å²) in [6.45, 7) is 1.22. The molecule has 1 heterocycles. The zero-order chi connectivity index (χ0) is 13.1. The van der Waals surface area contributed by atoms with E-state index in [9.17, 15) is 0 Å². The fraction of sp³-hybridized carbons (Fsp3) is 0.250. The molecule has 0 bridgehead atoms. The van der Waals surface area contributed by atoms with E-state index in [1.807, 2.05) is 11.8 Å². The lowest BCUT2D eigenvalue weighted by Gasteiger charge is -2.32. The highest BCUT2D eigenvalue weighted by Crippen LogP contribution is 2.47. The molecule has 2 aromatic carbocycles. The van der Waals surface area contributed by atoms with E-state index < -0.39 is 0 Å². The number of rotatable bonds is 4. The van der Waals surface area contributed by atoms with Crippen molar-refractivity contribution in [2.75, 3.05) is 18.1 Å². The predicted octanol–water partition coefficient (Wildman–Crippen LogP) is 4.06. The van der Waals surface area contributed by atoms with Crippen LogP contribution >= 0.6 is 11.8 Å². The first-order valence-corrected chi connectivity index (χ1v) is 7.46. The third-order valence-corrected chi connectivity index (χ3v) is 4.45. The van der Waals surface area contributed by atoms with Gasteiger partial charge in [0.2, 0.25) is 0 Å². The van der Waals surface area contributed by atoms with Gasteiger partial charge in [-0.05, 0) is 37.1 Å². The summed E-state index contributed by atoms with van der Waals surface area (Å²) in [7, 11) is 0. The monoisotopic (exact) mass is 271 g/mol. The first-order chi connectivity index (χ1) is 9.40. The molecule has 0 saturated heterocycles. The van der Waals surface area contributed by atoms with Gasteiger partial charge < -0.3 is 10.0 Å². The Morgan fingerprint density at radius 2 is 1.42 bits per heavy atom. The number of hydrogen-bond acceptors (Lipinski definition) is 3. The molecule has 3 rings (SSSR count). The van der Waals surface area contributed by atoms with Crippen molar-refractivity contribution in [3.05, 3.63) is 48.5 Å². The minimum absolute atomic E-state index is 0.270. The summed E-state index contributed by atoms with van der Waals surface area (Å²) in [6.07, 6.45) is 1.86. The highest BCUT2D eigenvalue weighted by Gasteiger charge is 2.21. The Morgan fingerprint density at radius 3 is 2.00 bits per heavy atom. The molecule has 0 aliphatic carbocycles. The molecule has 1 aliphatic heterocycles. The van der Waals surface area contributed by atoms with Crippen LogP contribution in [0.1, 0.15) is 12.8 Å². The lowest BCUT2D eigenvalue weighted by atomic mass is 10.2. The lowest BCUT2D eigenvalue weighted by Crippen LogP contribution is -2.22. The van der Waals surface area contributed by atoms with E-state index in [2.05, 4.69) is 53.4 Å². The Morgan fingerprint density at radius 1 is 0.842 bits per heavy atom. The maximum atomic E-state index is 8.96. The largest absolute Gasteiger partial charge is 0.396 e. The molecule has 0 saturated carbocycles. The maximum Gasteiger partial charge on any atom is 0.0552 e. The van der Waals surface area contributed by atoms with Crippen LogP contribution in [0.2, 0.25) is 0 Å². The number of nitrogens with zero attached hydrogens (tertiary/aromatic N) is 1. The van der Waals surface area contributed by atoms with Gasteiger partial charge in [-0.25, -0.2) is 0 Å². The molecule has 2 nitrogen and oxygen atoms in total. The van der Waals surface area contributed by atoms with E-state index in [0.717, 1.165) is 19.4 Å². The van der Waals surface area contributed by atoms with Gasteiger partial charge in [0.05, 0.1) is 11.4 Å². The number of aliphatic hydroxyl groups is 1. The Balaban J connectivity index is 1.96. The number of fused-ring (bicyclic) bond motifs is 2. The van der Waals surface area contributed by atoms with Crippen LogP contribution in [0.25, 0.3) is 0 Å². The van der Waals surface area contributed by atoms with E-state index in [-0.39, 0.29) is 6.61 Å². The van der Waals surface area contributed by atoms with Crippen molar-refractivity contribution in [3.63, 3.8) is 0 Å². The molecule has 2 aromatic rings. The molecule has 0 unspecified atom stereocenters. The summed E-state index contributed by atoms with van der Waals surface area (Å²) in [4.78, 5) is 4.99. The molecule has 0 amide bonds. The van der Waals surface area contributed by atoms with Crippen molar-refractivity contribution < 1.29 is 5.11 Å². The van der Waals surface area contributed by atoms with Gasteiger partial charge in [-0.3, -0.25) is 0 Å². The summed E-state index contributed by atoms with van der Waals surface area (Å²) in [5, 5.41) is 8.96. The van der Waals surface area contributed by atoms with Gasteiger partial charge in [-0.15, -0.1) is 0 Å². The number of anilines is 2. The molecule has 19 heavy (non-hydrogen) atoms. The second-order valence-electron chi connectivity index (χ2n) is 4.62. The van der Waals surface area contributed by atoms with Gasteiger partial charge in [-0.1, -0.05) is 36.0 Å². The molecule has 0 atom stereocenters. The lowest BCUT2D eigenvalue weighted by molar-refractivity contribution is 0.285. The molecule has 98 valence electrons. The second-order valence-corrected chi connectivity index (χ2v) is 5.70. The number of unbranched alkanes of at least 4 members (excludes halogenated alkanes) is 1. The van der Waals surface area contributed by atoms with Crippen LogP contribution in [0.4, 0.5) is 11.4 Å².